The van der Waals surface area contributed by atoms with Crippen LogP contribution in [0.15, 0.2) is 0 Å². The van der Waals surface area contributed by atoms with Gasteiger partial charge in [0.25, 0.3) is 0 Å². The normalized spacial score (nSPS) is 30.3. The summed E-state index contributed by atoms with van der Waals surface area (Å²) in [5, 5.41) is 0. The Morgan fingerprint density at radius 1 is 1.15 bits per heavy atom. The molecule has 2 bridgehead atoms. The highest BCUT2D eigenvalue weighted by molar-refractivity contribution is 7.96. The molecule has 0 saturated heterocycles. The van der Waals surface area contributed by atoms with Crippen molar-refractivity contribution in [3.05, 3.63) is 0 Å². The number of Topliss-reactive ketones (excluding diaryl/α,β-unsaturated/α-hetero) is 2. The molecule has 0 aliphatic heterocycles. The van der Waals surface area contributed by atoms with Crippen LogP contribution in [0, 0.1) is 22.7 Å². The van der Waals surface area contributed by atoms with Gasteiger partial charge in [-0.15, -0.1) is 0 Å². The molecule has 7 heteroatoms. The van der Waals surface area contributed by atoms with Gasteiger partial charge in [-0.25, -0.2) is 8.42 Å². The zero-order valence-electron chi connectivity index (χ0n) is 17.1. The Morgan fingerprint density at radius 3 is 2.15 bits per heavy atom. The molecule has 156 valence electrons. The quantitative estimate of drug-likeness (QED) is 0.506. The fraction of sp³-hybridized carbons (Fsp3) is 0.900. The summed E-state index contributed by atoms with van der Waals surface area (Å²) in [5.41, 5.74) is -1.22. The molecule has 3 fully saturated rings. The maximum absolute atomic E-state index is 11.8. The molecule has 3 aliphatic carbocycles. The predicted molar refractivity (Wildman–Crippen MR) is 109 cm³/mol. The van der Waals surface area contributed by atoms with Gasteiger partial charge >= 0.3 is 0 Å². The monoisotopic (exact) mass is 418 g/mol. The molecule has 0 aromatic rings. The summed E-state index contributed by atoms with van der Waals surface area (Å²) < 4.78 is 32.7. The van der Waals surface area contributed by atoms with Crippen molar-refractivity contribution in [1.29, 1.82) is 0 Å². The van der Waals surface area contributed by atoms with Crippen LogP contribution in [0.1, 0.15) is 65.2 Å². The van der Waals surface area contributed by atoms with Gasteiger partial charge in [0.2, 0.25) is 0 Å². The lowest BCUT2D eigenvalue weighted by Crippen LogP contribution is -2.42. The van der Waals surface area contributed by atoms with E-state index in [-0.39, 0.29) is 17.1 Å². The molecular weight excluding hydrogens is 384 g/mol. The second-order valence-electron chi connectivity index (χ2n) is 9.30. The molecule has 5 nitrogen and oxygen atoms in total. The van der Waals surface area contributed by atoms with Crippen molar-refractivity contribution >= 4 is 32.6 Å². The summed E-state index contributed by atoms with van der Waals surface area (Å²) >= 11 is 0. The minimum Gasteiger partial charge on any atom is -0.748 e. The van der Waals surface area contributed by atoms with E-state index in [0.29, 0.717) is 35.4 Å². The van der Waals surface area contributed by atoms with Crippen LogP contribution in [0.4, 0.5) is 0 Å². The highest BCUT2D eigenvalue weighted by Gasteiger charge is 2.64. The number of hydrogen-bond donors (Lipinski definition) is 0. The number of hydrogen-bond acceptors (Lipinski definition) is 5. The minimum absolute atomic E-state index is 0.0248. The summed E-state index contributed by atoms with van der Waals surface area (Å²) in [4.78, 5) is 23.5. The minimum atomic E-state index is -4.33. The van der Waals surface area contributed by atoms with Gasteiger partial charge in [-0.3, -0.25) is 9.59 Å². The SMILES string of the molecule is CC1(C)C2CCC1(CS(=O)(=O)[O-])C(=O)C2.C[S+](C)CC(=O)C1CCCCC1. The first kappa shape index (κ1) is 22.9. The molecule has 0 aromatic heterocycles. The molecule has 3 aliphatic rings. The Balaban J connectivity index is 0.000000199. The van der Waals surface area contributed by atoms with E-state index in [9.17, 15) is 22.6 Å². The smallest absolute Gasteiger partial charge is 0.184 e. The fourth-order valence-electron chi connectivity index (χ4n) is 5.24. The van der Waals surface area contributed by atoms with Gasteiger partial charge in [0.1, 0.15) is 5.78 Å². The first-order valence-electron chi connectivity index (χ1n) is 9.93. The van der Waals surface area contributed by atoms with Gasteiger partial charge in [-0.05, 0) is 47.9 Å². The number of rotatable bonds is 5. The van der Waals surface area contributed by atoms with Crippen molar-refractivity contribution in [3.63, 3.8) is 0 Å². The molecule has 0 spiro atoms. The van der Waals surface area contributed by atoms with Crippen LogP contribution >= 0.6 is 0 Å². The first-order valence-corrected chi connectivity index (χ1v) is 13.7. The number of ketones is 2. The van der Waals surface area contributed by atoms with Gasteiger partial charge in [0.05, 0.1) is 28.4 Å². The molecule has 3 saturated carbocycles. The number of carbonyl (C=O) groups is 2. The Morgan fingerprint density at radius 2 is 1.74 bits per heavy atom. The van der Waals surface area contributed by atoms with E-state index in [2.05, 4.69) is 12.5 Å². The molecule has 2 atom stereocenters. The van der Waals surface area contributed by atoms with Crippen molar-refractivity contribution < 1.29 is 22.6 Å². The van der Waals surface area contributed by atoms with Crippen LogP contribution in [0.2, 0.25) is 0 Å². The third-order valence-electron chi connectivity index (χ3n) is 7.05. The van der Waals surface area contributed by atoms with Crippen LogP contribution in [0.5, 0.6) is 0 Å². The van der Waals surface area contributed by atoms with Crippen molar-refractivity contribution in [2.75, 3.05) is 24.0 Å². The van der Waals surface area contributed by atoms with Crippen molar-refractivity contribution in [1.82, 2.24) is 0 Å². The van der Waals surface area contributed by atoms with E-state index in [1.54, 1.807) is 0 Å². The molecular formula is C20H34O5S2. The number of fused-ring (bicyclic) bond motifs is 2. The van der Waals surface area contributed by atoms with Crippen molar-refractivity contribution in [2.24, 2.45) is 22.7 Å². The highest BCUT2D eigenvalue weighted by atomic mass is 32.2. The summed E-state index contributed by atoms with van der Waals surface area (Å²) in [7, 11) is -4.02. The highest BCUT2D eigenvalue weighted by Crippen LogP contribution is 2.64. The lowest BCUT2D eigenvalue weighted by atomic mass is 9.70. The van der Waals surface area contributed by atoms with E-state index in [4.69, 9.17) is 0 Å². The van der Waals surface area contributed by atoms with E-state index in [0.717, 1.165) is 25.0 Å². The Kier molecular flexibility index (Phi) is 7.24. The second-order valence-corrected chi connectivity index (χ2v) is 13.0. The van der Waals surface area contributed by atoms with Crippen LogP contribution in [0.25, 0.3) is 0 Å². The molecule has 3 rings (SSSR count). The van der Waals surface area contributed by atoms with Gasteiger partial charge in [0.15, 0.2) is 11.5 Å². The lowest BCUT2D eigenvalue weighted by Gasteiger charge is -2.37. The average molecular weight is 419 g/mol. The molecule has 0 amide bonds. The summed E-state index contributed by atoms with van der Waals surface area (Å²) in [6, 6.07) is 0. The van der Waals surface area contributed by atoms with Crippen LogP contribution in [-0.2, 0) is 30.6 Å². The van der Waals surface area contributed by atoms with E-state index in [1.807, 2.05) is 13.8 Å². The van der Waals surface area contributed by atoms with Gasteiger partial charge in [-0.1, -0.05) is 33.1 Å². The topological polar surface area (TPSA) is 91.3 Å². The second kappa shape index (κ2) is 8.54. The fourth-order valence-corrected chi connectivity index (χ4v) is 7.32. The van der Waals surface area contributed by atoms with E-state index < -0.39 is 21.3 Å². The Bertz CT molecular complexity index is 662. The standard InChI is InChI=1S/C10H16O4S.C10H19OS/c1-9(2)7-3-4-10(9,8(11)5-7)6-15(12,13)14;1-12(2)8-10(11)9-6-4-3-5-7-9/h7H,3-6H2,1-2H3,(H,12,13,14);9H,3-8H2,1-2H3/q;+1/p-1. The Labute approximate surface area is 167 Å². The lowest BCUT2D eigenvalue weighted by molar-refractivity contribution is -0.128. The first-order chi connectivity index (χ1) is 12.4. The maximum atomic E-state index is 11.8. The van der Waals surface area contributed by atoms with E-state index in [1.165, 1.54) is 19.3 Å². The van der Waals surface area contributed by atoms with Crippen LogP contribution in [-0.4, -0.2) is 48.6 Å². The molecule has 2 unspecified atom stereocenters. The molecule has 0 heterocycles. The van der Waals surface area contributed by atoms with Crippen LogP contribution in [0.3, 0.4) is 0 Å². The summed E-state index contributed by atoms with van der Waals surface area (Å²) in [6.45, 7) is 3.83. The summed E-state index contributed by atoms with van der Waals surface area (Å²) in [5.74, 6) is 1.50. The molecule has 27 heavy (non-hydrogen) atoms. The molecule has 0 N–H and O–H groups in total. The van der Waals surface area contributed by atoms with Crippen LogP contribution < -0.4 is 0 Å². The zero-order valence-corrected chi connectivity index (χ0v) is 18.7. The van der Waals surface area contributed by atoms with E-state index >= 15 is 0 Å². The van der Waals surface area contributed by atoms with Gasteiger partial charge < -0.3 is 4.55 Å². The third kappa shape index (κ3) is 5.15. The van der Waals surface area contributed by atoms with Gasteiger partial charge in [0, 0.05) is 17.8 Å². The predicted octanol–water partition coefficient (Wildman–Crippen LogP) is 2.94. The molecule has 0 aromatic carbocycles. The maximum Gasteiger partial charge on any atom is 0.184 e. The van der Waals surface area contributed by atoms with Crippen molar-refractivity contribution in [3.8, 4) is 0 Å². The largest absolute Gasteiger partial charge is 0.748 e. The van der Waals surface area contributed by atoms with Gasteiger partial charge in [-0.2, -0.15) is 0 Å². The Hall–Kier alpha value is -0.400. The summed E-state index contributed by atoms with van der Waals surface area (Å²) in [6.07, 6.45) is 12.4. The van der Waals surface area contributed by atoms with Crippen molar-refractivity contribution in [2.45, 2.75) is 65.2 Å². The molecule has 0 radical (unpaired) electrons. The third-order valence-corrected chi connectivity index (χ3v) is 8.76. The number of carbonyl (C=O) groups excluding carboxylic acids is 2. The zero-order chi connectivity index (χ0) is 20.5. The average Bonchev–Trinajstić information content (AvgIpc) is 2.88.